The topological polar surface area (TPSA) is 61.8 Å². The minimum atomic E-state index is -3.03. The fourth-order valence-electron chi connectivity index (χ4n) is 1.77. The molecule has 0 aromatic heterocycles. The fourth-order valence-corrected chi connectivity index (χ4v) is 2.19. The summed E-state index contributed by atoms with van der Waals surface area (Å²) in [5, 5.41) is 3.09. The molecule has 0 atom stereocenters. The van der Waals surface area contributed by atoms with Crippen LogP contribution in [-0.4, -0.2) is 51.4 Å². The third-order valence-corrected chi connectivity index (χ3v) is 3.65. The minimum Gasteiger partial charge on any atom is -0.357 e. The van der Waals surface area contributed by atoms with Crippen LogP contribution in [0.15, 0.2) is 29.3 Å². The molecule has 5 nitrogen and oxygen atoms in total. The SMILES string of the molecule is CCNC(=NCCS(C)(=O)=O)N(C)Cc1cccc(F)c1.I. The third-order valence-electron chi connectivity index (χ3n) is 2.73. The molecule has 1 aromatic rings. The van der Waals surface area contributed by atoms with Crippen molar-refractivity contribution < 1.29 is 12.8 Å². The van der Waals surface area contributed by atoms with E-state index in [1.807, 2.05) is 24.9 Å². The second-order valence-corrected chi connectivity index (χ2v) is 7.11. The van der Waals surface area contributed by atoms with Crippen molar-refractivity contribution in [3.63, 3.8) is 0 Å². The van der Waals surface area contributed by atoms with Gasteiger partial charge in [0.05, 0.1) is 12.3 Å². The van der Waals surface area contributed by atoms with Crippen LogP contribution in [0.5, 0.6) is 0 Å². The van der Waals surface area contributed by atoms with E-state index in [0.717, 1.165) is 5.56 Å². The molecule has 0 amide bonds. The van der Waals surface area contributed by atoms with Gasteiger partial charge in [-0.15, -0.1) is 24.0 Å². The number of hydrogen-bond donors (Lipinski definition) is 1. The first kappa shape index (κ1) is 21.1. The number of halogens is 2. The molecule has 22 heavy (non-hydrogen) atoms. The number of aliphatic imine (C=N–C) groups is 1. The van der Waals surface area contributed by atoms with Crippen LogP contribution in [0.3, 0.4) is 0 Å². The fraction of sp³-hybridized carbons (Fsp3) is 0.500. The van der Waals surface area contributed by atoms with Crippen molar-refractivity contribution in [2.75, 3.05) is 32.1 Å². The zero-order chi connectivity index (χ0) is 15.9. The van der Waals surface area contributed by atoms with Gasteiger partial charge in [0.1, 0.15) is 15.7 Å². The van der Waals surface area contributed by atoms with Crippen LogP contribution >= 0.6 is 24.0 Å². The summed E-state index contributed by atoms with van der Waals surface area (Å²) in [6.07, 6.45) is 1.19. The van der Waals surface area contributed by atoms with E-state index in [1.54, 1.807) is 6.07 Å². The van der Waals surface area contributed by atoms with Crippen LogP contribution in [0.25, 0.3) is 0 Å². The van der Waals surface area contributed by atoms with Crippen molar-refractivity contribution in [3.8, 4) is 0 Å². The molecule has 0 bridgehead atoms. The van der Waals surface area contributed by atoms with Gasteiger partial charge in [0.2, 0.25) is 0 Å². The molecular weight excluding hydrogens is 420 g/mol. The maximum absolute atomic E-state index is 13.2. The highest BCUT2D eigenvalue weighted by Gasteiger charge is 2.08. The van der Waals surface area contributed by atoms with E-state index in [2.05, 4.69) is 10.3 Å². The quantitative estimate of drug-likeness (QED) is 0.415. The van der Waals surface area contributed by atoms with Crippen molar-refractivity contribution in [3.05, 3.63) is 35.6 Å². The molecule has 0 spiro atoms. The number of nitrogens with zero attached hydrogens (tertiary/aromatic N) is 2. The summed E-state index contributed by atoms with van der Waals surface area (Å²) in [5.41, 5.74) is 0.825. The Hall–Kier alpha value is -0.900. The molecule has 0 saturated carbocycles. The lowest BCUT2D eigenvalue weighted by Gasteiger charge is -2.22. The standard InChI is InChI=1S/C14H22FN3O2S.HI/c1-4-16-14(17-8-9-21(3,19)20)18(2)11-12-6-5-7-13(15)10-12;/h5-7,10H,4,8-9,11H2,1-3H3,(H,16,17);1H. The van der Waals surface area contributed by atoms with E-state index in [-0.39, 0.29) is 42.1 Å². The Bertz CT molecular complexity index is 594. The summed E-state index contributed by atoms with van der Waals surface area (Å²) in [6, 6.07) is 6.36. The zero-order valence-corrected chi connectivity index (χ0v) is 16.2. The number of nitrogens with one attached hydrogen (secondary N) is 1. The molecule has 0 saturated heterocycles. The Balaban J connectivity index is 0.00000441. The van der Waals surface area contributed by atoms with Crippen molar-refractivity contribution in [2.24, 2.45) is 4.99 Å². The first-order chi connectivity index (χ1) is 9.81. The molecule has 0 radical (unpaired) electrons. The molecule has 1 rings (SSSR count). The van der Waals surface area contributed by atoms with Gasteiger partial charge in [-0.3, -0.25) is 4.99 Å². The van der Waals surface area contributed by atoms with Crippen molar-refractivity contribution >= 4 is 39.8 Å². The van der Waals surface area contributed by atoms with Crippen LogP contribution < -0.4 is 5.32 Å². The van der Waals surface area contributed by atoms with Crippen LogP contribution in [0.4, 0.5) is 4.39 Å². The highest BCUT2D eigenvalue weighted by atomic mass is 127. The zero-order valence-electron chi connectivity index (χ0n) is 13.0. The first-order valence-electron chi connectivity index (χ1n) is 6.73. The number of guanidine groups is 1. The second kappa shape index (κ2) is 9.98. The van der Waals surface area contributed by atoms with Gasteiger partial charge in [-0.05, 0) is 24.6 Å². The molecule has 0 aliphatic carbocycles. The highest BCUT2D eigenvalue weighted by Crippen LogP contribution is 2.06. The molecule has 0 fully saturated rings. The first-order valence-corrected chi connectivity index (χ1v) is 8.79. The number of rotatable bonds is 6. The van der Waals surface area contributed by atoms with E-state index in [4.69, 9.17) is 0 Å². The van der Waals surface area contributed by atoms with Gasteiger partial charge in [-0.2, -0.15) is 0 Å². The number of hydrogen-bond acceptors (Lipinski definition) is 3. The van der Waals surface area contributed by atoms with Crippen molar-refractivity contribution in [1.82, 2.24) is 10.2 Å². The lowest BCUT2D eigenvalue weighted by Crippen LogP contribution is -2.38. The van der Waals surface area contributed by atoms with E-state index < -0.39 is 9.84 Å². The Morgan fingerprint density at radius 1 is 1.41 bits per heavy atom. The van der Waals surface area contributed by atoms with E-state index >= 15 is 0 Å². The van der Waals surface area contributed by atoms with Crippen LogP contribution in [0.2, 0.25) is 0 Å². The summed E-state index contributed by atoms with van der Waals surface area (Å²) in [6.45, 7) is 3.30. The largest absolute Gasteiger partial charge is 0.357 e. The monoisotopic (exact) mass is 443 g/mol. The molecule has 126 valence electrons. The predicted octanol–water partition coefficient (Wildman–Crippen LogP) is 1.89. The Labute approximate surface area is 148 Å². The number of benzene rings is 1. The lowest BCUT2D eigenvalue weighted by molar-refractivity contribution is 0.475. The van der Waals surface area contributed by atoms with Crippen molar-refractivity contribution in [1.29, 1.82) is 0 Å². The molecule has 0 unspecified atom stereocenters. The molecule has 0 aliphatic heterocycles. The minimum absolute atomic E-state index is 0. The summed E-state index contributed by atoms with van der Waals surface area (Å²) in [4.78, 5) is 6.11. The van der Waals surface area contributed by atoms with Gasteiger partial charge in [0.25, 0.3) is 0 Å². The highest BCUT2D eigenvalue weighted by molar-refractivity contribution is 14.0. The van der Waals surface area contributed by atoms with Crippen LogP contribution in [-0.2, 0) is 16.4 Å². The van der Waals surface area contributed by atoms with Gasteiger partial charge in [-0.1, -0.05) is 12.1 Å². The molecule has 1 aromatic carbocycles. The summed E-state index contributed by atoms with van der Waals surface area (Å²) in [7, 11) is -1.20. The smallest absolute Gasteiger partial charge is 0.193 e. The van der Waals surface area contributed by atoms with Gasteiger partial charge < -0.3 is 10.2 Å². The maximum atomic E-state index is 13.2. The summed E-state index contributed by atoms with van der Waals surface area (Å²) >= 11 is 0. The Morgan fingerprint density at radius 2 is 2.09 bits per heavy atom. The van der Waals surface area contributed by atoms with Gasteiger partial charge >= 0.3 is 0 Å². The Morgan fingerprint density at radius 3 is 2.64 bits per heavy atom. The molecule has 1 N–H and O–H groups in total. The summed E-state index contributed by atoms with van der Waals surface area (Å²) < 4.78 is 35.4. The van der Waals surface area contributed by atoms with Gasteiger partial charge in [-0.25, -0.2) is 12.8 Å². The predicted molar refractivity (Wildman–Crippen MR) is 99.0 cm³/mol. The van der Waals surface area contributed by atoms with Crippen molar-refractivity contribution in [2.45, 2.75) is 13.5 Å². The summed E-state index contributed by atoms with van der Waals surface area (Å²) in [5.74, 6) is 0.334. The second-order valence-electron chi connectivity index (χ2n) is 4.85. The van der Waals surface area contributed by atoms with E-state index in [0.29, 0.717) is 19.0 Å². The molecule has 8 heteroatoms. The van der Waals surface area contributed by atoms with Gasteiger partial charge in [0, 0.05) is 26.4 Å². The lowest BCUT2D eigenvalue weighted by atomic mass is 10.2. The number of sulfone groups is 1. The molecule has 0 aliphatic rings. The molecule has 0 heterocycles. The maximum Gasteiger partial charge on any atom is 0.193 e. The van der Waals surface area contributed by atoms with E-state index in [9.17, 15) is 12.8 Å². The third kappa shape index (κ3) is 8.52. The average Bonchev–Trinajstić information content (AvgIpc) is 2.36. The Kier molecular flexibility index (Phi) is 9.58. The van der Waals surface area contributed by atoms with Gasteiger partial charge in [0.15, 0.2) is 5.96 Å². The van der Waals surface area contributed by atoms with Crippen LogP contribution in [0.1, 0.15) is 12.5 Å². The van der Waals surface area contributed by atoms with Crippen LogP contribution in [0, 0.1) is 5.82 Å². The molecular formula is C14H23FIN3O2S. The average molecular weight is 443 g/mol. The normalized spacial score (nSPS) is 11.7. The van der Waals surface area contributed by atoms with E-state index in [1.165, 1.54) is 18.4 Å².